The van der Waals surface area contributed by atoms with E-state index in [1.54, 1.807) is 11.8 Å². The number of nitrogen functional groups attached to an aromatic ring is 1. The van der Waals surface area contributed by atoms with Crippen molar-refractivity contribution in [2.45, 2.75) is 5.75 Å². The highest BCUT2D eigenvalue weighted by molar-refractivity contribution is 7.98. The molecule has 10 heavy (non-hydrogen) atoms. The Balaban J connectivity index is 2.42. The fraction of sp³-hybridized carbons (Fsp3) is 0.500. The number of thioether (sulfide) groups is 1. The smallest absolute Gasteiger partial charge is 0.203 e. The molecule has 1 aromatic heterocycles. The van der Waals surface area contributed by atoms with E-state index >= 15 is 0 Å². The number of hydrogen-bond acceptors (Lipinski definition) is 6. The number of nitrogens with two attached hydrogens (primary N) is 2. The van der Waals surface area contributed by atoms with Gasteiger partial charge in [0.2, 0.25) is 5.13 Å². The highest BCUT2D eigenvalue weighted by Crippen LogP contribution is 2.16. The van der Waals surface area contributed by atoms with Crippen LogP contribution in [0.25, 0.3) is 0 Å². The Morgan fingerprint density at radius 2 is 2.30 bits per heavy atom. The fourth-order valence-electron chi connectivity index (χ4n) is 0.471. The van der Waals surface area contributed by atoms with Crippen molar-refractivity contribution in [1.29, 1.82) is 0 Å². The summed E-state index contributed by atoms with van der Waals surface area (Å²) in [6.07, 6.45) is 0. The lowest BCUT2D eigenvalue weighted by atomic mass is 10.9. The van der Waals surface area contributed by atoms with E-state index in [2.05, 4.69) is 10.2 Å². The molecule has 0 bridgehead atoms. The first-order valence-corrected chi connectivity index (χ1v) is 4.65. The van der Waals surface area contributed by atoms with Gasteiger partial charge in [0.1, 0.15) is 5.01 Å². The molecule has 6 heteroatoms. The molecule has 0 saturated carbocycles. The molecule has 0 atom stereocenters. The van der Waals surface area contributed by atoms with Crippen molar-refractivity contribution in [3.63, 3.8) is 0 Å². The Morgan fingerprint density at radius 1 is 1.50 bits per heavy atom. The maximum absolute atomic E-state index is 5.35. The number of hydrogen-bond donors (Lipinski definition) is 2. The van der Waals surface area contributed by atoms with Crippen LogP contribution in [0.1, 0.15) is 5.01 Å². The number of nitrogens with zero attached hydrogens (tertiary/aromatic N) is 2. The van der Waals surface area contributed by atoms with Crippen molar-refractivity contribution >= 4 is 28.2 Å². The van der Waals surface area contributed by atoms with E-state index in [4.69, 9.17) is 11.5 Å². The van der Waals surface area contributed by atoms with Crippen LogP contribution in [0.4, 0.5) is 5.13 Å². The lowest BCUT2D eigenvalue weighted by Crippen LogP contribution is -1.92. The molecule has 0 aliphatic heterocycles. The van der Waals surface area contributed by atoms with Crippen LogP contribution < -0.4 is 11.5 Å². The van der Waals surface area contributed by atoms with Gasteiger partial charge in [0, 0.05) is 11.6 Å². The second kappa shape index (κ2) is 3.75. The lowest BCUT2D eigenvalue weighted by molar-refractivity contribution is 1.05. The van der Waals surface area contributed by atoms with Crippen LogP contribution in [-0.4, -0.2) is 16.1 Å². The molecular weight excluding hydrogens is 168 g/mol. The summed E-state index contributed by atoms with van der Waals surface area (Å²) in [5, 5.41) is 8.94. The quantitative estimate of drug-likeness (QED) is 0.646. The average Bonchev–Trinajstić information content (AvgIpc) is 2.31. The normalized spacial score (nSPS) is 10.1. The zero-order chi connectivity index (χ0) is 7.40. The second-order valence-electron chi connectivity index (χ2n) is 1.55. The summed E-state index contributed by atoms with van der Waals surface area (Å²) in [6.45, 7) is 0. The first-order valence-electron chi connectivity index (χ1n) is 2.68. The van der Waals surface area contributed by atoms with Crippen LogP contribution in [-0.2, 0) is 5.75 Å². The summed E-state index contributed by atoms with van der Waals surface area (Å²) < 4.78 is 0. The van der Waals surface area contributed by atoms with Gasteiger partial charge in [-0.3, -0.25) is 0 Å². The van der Waals surface area contributed by atoms with Gasteiger partial charge < -0.3 is 11.5 Å². The van der Waals surface area contributed by atoms with Gasteiger partial charge in [0.15, 0.2) is 0 Å². The Bertz CT molecular complexity index is 199. The molecule has 4 nitrogen and oxygen atoms in total. The summed E-state index contributed by atoms with van der Waals surface area (Å²) in [5.41, 5.74) is 10.6. The standard InChI is InChI=1S/C4H8N4S2/c5-2-9-1-3-7-8-4(6)10-3/h1-2,5H2,(H2,6,8). The predicted molar refractivity (Wildman–Crippen MR) is 44.7 cm³/mol. The van der Waals surface area contributed by atoms with Crippen LogP contribution in [0, 0.1) is 0 Å². The molecule has 1 aromatic rings. The summed E-state index contributed by atoms with van der Waals surface area (Å²) >= 11 is 3.01. The van der Waals surface area contributed by atoms with E-state index in [1.165, 1.54) is 11.3 Å². The Morgan fingerprint density at radius 3 is 2.80 bits per heavy atom. The van der Waals surface area contributed by atoms with Crippen molar-refractivity contribution in [3.05, 3.63) is 5.01 Å². The van der Waals surface area contributed by atoms with Gasteiger partial charge in [0.05, 0.1) is 0 Å². The molecule has 0 radical (unpaired) electrons. The summed E-state index contributed by atoms with van der Waals surface area (Å²) in [4.78, 5) is 0. The third kappa shape index (κ3) is 2.13. The molecule has 1 heterocycles. The third-order valence-corrected chi connectivity index (χ3v) is 2.47. The molecule has 0 saturated heterocycles. The largest absolute Gasteiger partial charge is 0.374 e. The highest BCUT2D eigenvalue weighted by Gasteiger charge is 1.98. The van der Waals surface area contributed by atoms with Crippen LogP contribution in [0.3, 0.4) is 0 Å². The van der Waals surface area contributed by atoms with E-state index in [0.29, 0.717) is 11.0 Å². The molecular formula is C4H8N4S2. The maximum atomic E-state index is 5.35. The molecule has 0 aromatic carbocycles. The van der Waals surface area contributed by atoms with Gasteiger partial charge in [-0.25, -0.2) is 0 Å². The molecule has 56 valence electrons. The first kappa shape index (κ1) is 7.77. The minimum atomic E-state index is 0.521. The Kier molecular flexibility index (Phi) is 2.91. The van der Waals surface area contributed by atoms with E-state index < -0.39 is 0 Å². The monoisotopic (exact) mass is 176 g/mol. The van der Waals surface area contributed by atoms with Gasteiger partial charge in [0.25, 0.3) is 0 Å². The molecule has 0 unspecified atom stereocenters. The van der Waals surface area contributed by atoms with Gasteiger partial charge in [-0.1, -0.05) is 11.3 Å². The van der Waals surface area contributed by atoms with Gasteiger partial charge >= 0.3 is 0 Å². The van der Waals surface area contributed by atoms with Gasteiger partial charge in [-0.05, 0) is 0 Å². The summed E-state index contributed by atoms with van der Waals surface area (Å²) in [5.74, 6) is 1.42. The third-order valence-electron chi connectivity index (χ3n) is 0.826. The average molecular weight is 176 g/mol. The fourth-order valence-corrected chi connectivity index (χ4v) is 1.71. The van der Waals surface area contributed by atoms with Crippen LogP contribution in [0.15, 0.2) is 0 Å². The Hall–Kier alpha value is -0.330. The van der Waals surface area contributed by atoms with Crippen LogP contribution in [0.2, 0.25) is 0 Å². The van der Waals surface area contributed by atoms with E-state index in [0.717, 1.165) is 10.8 Å². The number of anilines is 1. The minimum absolute atomic E-state index is 0.521. The zero-order valence-corrected chi connectivity index (χ0v) is 6.91. The van der Waals surface area contributed by atoms with Crippen molar-refractivity contribution in [3.8, 4) is 0 Å². The Labute approximate surface area is 67.0 Å². The van der Waals surface area contributed by atoms with Gasteiger partial charge in [-0.2, -0.15) is 0 Å². The molecule has 0 aliphatic carbocycles. The summed E-state index contributed by atoms with van der Waals surface area (Å²) in [7, 11) is 0. The maximum Gasteiger partial charge on any atom is 0.203 e. The van der Waals surface area contributed by atoms with E-state index in [1.807, 2.05) is 0 Å². The molecule has 0 fully saturated rings. The molecule has 4 N–H and O–H groups in total. The van der Waals surface area contributed by atoms with Crippen molar-refractivity contribution in [1.82, 2.24) is 10.2 Å². The van der Waals surface area contributed by atoms with Crippen LogP contribution in [0.5, 0.6) is 0 Å². The number of rotatable bonds is 3. The zero-order valence-electron chi connectivity index (χ0n) is 5.28. The summed E-state index contributed by atoms with van der Waals surface area (Å²) in [6, 6.07) is 0. The topological polar surface area (TPSA) is 77.8 Å². The molecule has 0 amide bonds. The minimum Gasteiger partial charge on any atom is -0.374 e. The SMILES string of the molecule is NCSCc1nnc(N)s1. The molecule has 0 spiro atoms. The van der Waals surface area contributed by atoms with Crippen molar-refractivity contribution in [2.75, 3.05) is 11.6 Å². The van der Waals surface area contributed by atoms with E-state index in [9.17, 15) is 0 Å². The number of aromatic nitrogens is 2. The second-order valence-corrected chi connectivity index (χ2v) is 3.67. The van der Waals surface area contributed by atoms with Crippen LogP contribution >= 0.6 is 23.1 Å². The molecule has 0 aliphatic rings. The lowest BCUT2D eigenvalue weighted by Gasteiger charge is -1.88. The predicted octanol–water partition coefficient (Wildman–Crippen LogP) is 0.270. The van der Waals surface area contributed by atoms with Crippen molar-refractivity contribution in [2.24, 2.45) is 5.73 Å². The molecule has 1 rings (SSSR count). The van der Waals surface area contributed by atoms with Crippen molar-refractivity contribution < 1.29 is 0 Å². The highest BCUT2D eigenvalue weighted by atomic mass is 32.2. The van der Waals surface area contributed by atoms with E-state index in [-0.39, 0.29) is 0 Å². The first-order chi connectivity index (χ1) is 4.83. The van der Waals surface area contributed by atoms with Gasteiger partial charge in [-0.15, -0.1) is 22.0 Å².